The van der Waals surface area contributed by atoms with Crippen LogP contribution in [0.5, 0.6) is 0 Å². The first-order chi connectivity index (χ1) is 3.77. The predicted molar refractivity (Wildman–Crippen MR) is 27.4 cm³/mol. The molecule has 0 aliphatic rings. The van der Waals surface area contributed by atoms with Gasteiger partial charge in [0.25, 0.3) is 0 Å². The van der Waals surface area contributed by atoms with Crippen LogP contribution >= 0.6 is 0 Å². The number of aliphatic hydroxyl groups excluding tert-OH is 1. The van der Waals surface area contributed by atoms with Gasteiger partial charge in [-0.25, -0.2) is 0 Å². The van der Waals surface area contributed by atoms with Crippen molar-refractivity contribution in [1.82, 2.24) is 5.32 Å². The van der Waals surface area contributed by atoms with Crippen LogP contribution < -0.4 is 5.32 Å². The van der Waals surface area contributed by atoms with Crippen molar-refractivity contribution in [2.24, 2.45) is 0 Å². The third-order valence-electron chi connectivity index (χ3n) is 0.446. The standard InChI is InChI=1S/C4H7NO3/c6-2-1-5-3-4(7)8/h1-2,5-6H,3H2,(H,7,8)/b2-1+. The molecule has 46 valence electrons. The Morgan fingerprint density at radius 1 is 1.75 bits per heavy atom. The van der Waals surface area contributed by atoms with Crippen molar-refractivity contribution >= 4 is 5.97 Å². The molecule has 8 heavy (non-hydrogen) atoms. The van der Waals surface area contributed by atoms with Gasteiger partial charge in [0.15, 0.2) is 0 Å². The fraction of sp³-hybridized carbons (Fsp3) is 0.250. The zero-order valence-electron chi connectivity index (χ0n) is 4.16. The molecule has 0 rings (SSSR count). The zero-order valence-corrected chi connectivity index (χ0v) is 4.16. The van der Waals surface area contributed by atoms with Gasteiger partial charge >= 0.3 is 5.97 Å². The summed E-state index contributed by atoms with van der Waals surface area (Å²) in [5, 5.41) is 18.2. The number of nitrogens with one attached hydrogen (secondary N) is 1. The average Bonchev–Trinajstić information content (AvgIpc) is 1.66. The summed E-state index contributed by atoms with van der Waals surface area (Å²) in [6.45, 7) is -0.170. The van der Waals surface area contributed by atoms with E-state index in [4.69, 9.17) is 10.2 Å². The van der Waals surface area contributed by atoms with E-state index in [-0.39, 0.29) is 6.54 Å². The number of aliphatic hydroxyl groups is 1. The highest BCUT2D eigenvalue weighted by Gasteiger charge is 1.88. The van der Waals surface area contributed by atoms with Gasteiger partial charge in [-0.15, -0.1) is 0 Å². The summed E-state index contributed by atoms with van der Waals surface area (Å²) >= 11 is 0. The SMILES string of the molecule is O=C(O)CN/C=C/O. The fourth-order valence-corrected chi connectivity index (χ4v) is 0.199. The first-order valence-electron chi connectivity index (χ1n) is 2.02. The predicted octanol–water partition coefficient (Wildman–Crippen LogP) is -0.310. The highest BCUT2D eigenvalue weighted by Crippen LogP contribution is 1.60. The van der Waals surface area contributed by atoms with E-state index in [1.54, 1.807) is 0 Å². The van der Waals surface area contributed by atoms with E-state index < -0.39 is 5.97 Å². The summed E-state index contributed by atoms with van der Waals surface area (Å²) < 4.78 is 0. The molecule has 0 aliphatic heterocycles. The van der Waals surface area contributed by atoms with Crippen molar-refractivity contribution in [2.45, 2.75) is 0 Å². The Balaban J connectivity index is 3.05. The number of carbonyl (C=O) groups is 1. The highest BCUT2D eigenvalue weighted by atomic mass is 16.4. The van der Waals surface area contributed by atoms with Crippen LogP contribution in [0.4, 0.5) is 0 Å². The van der Waals surface area contributed by atoms with Crippen LogP contribution in [-0.2, 0) is 4.79 Å². The van der Waals surface area contributed by atoms with E-state index in [1.807, 2.05) is 0 Å². The van der Waals surface area contributed by atoms with Gasteiger partial charge in [0.2, 0.25) is 0 Å². The summed E-state index contributed by atoms with van der Waals surface area (Å²) in [4.78, 5) is 9.70. The van der Waals surface area contributed by atoms with Crippen LogP contribution in [0.25, 0.3) is 0 Å². The number of aliphatic carboxylic acids is 1. The summed E-state index contributed by atoms with van der Waals surface area (Å²) in [6, 6.07) is 0. The Bertz CT molecular complexity index is 99.5. The van der Waals surface area contributed by atoms with Gasteiger partial charge in [-0.2, -0.15) is 0 Å². The van der Waals surface area contributed by atoms with Crippen LogP contribution in [0.1, 0.15) is 0 Å². The van der Waals surface area contributed by atoms with Gasteiger partial charge in [-0.05, 0) is 0 Å². The third kappa shape index (κ3) is 4.81. The molecule has 0 heterocycles. The number of carboxylic acids is 1. The van der Waals surface area contributed by atoms with Gasteiger partial charge in [-0.3, -0.25) is 4.79 Å². The number of hydrogen-bond donors (Lipinski definition) is 3. The fourth-order valence-electron chi connectivity index (χ4n) is 0.199. The summed E-state index contributed by atoms with van der Waals surface area (Å²) in [7, 11) is 0. The van der Waals surface area contributed by atoms with Crippen LogP contribution in [0.15, 0.2) is 12.5 Å². The summed E-state index contributed by atoms with van der Waals surface area (Å²) in [5.74, 6) is -0.955. The van der Waals surface area contributed by atoms with Crippen LogP contribution in [0.2, 0.25) is 0 Å². The molecule has 0 fully saturated rings. The maximum atomic E-state index is 9.70. The molecule has 0 atom stereocenters. The average molecular weight is 117 g/mol. The van der Waals surface area contributed by atoms with E-state index in [9.17, 15) is 4.79 Å². The molecule has 0 aromatic heterocycles. The molecule has 0 saturated heterocycles. The minimum Gasteiger partial charge on any atom is -0.514 e. The second kappa shape index (κ2) is 3.98. The van der Waals surface area contributed by atoms with E-state index in [1.165, 1.54) is 0 Å². The lowest BCUT2D eigenvalue weighted by atomic mass is 10.7. The Morgan fingerprint density at radius 2 is 2.38 bits per heavy atom. The number of carboxylic acid groups (broad SMARTS) is 1. The van der Waals surface area contributed by atoms with Crippen molar-refractivity contribution in [3.8, 4) is 0 Å². The van der Waals surface area contributed by atoms with E-state index in [2.05, 4.69) is 5.32 Å². The molecule has 0 unspecified atom stereocenters. The van der Waals surface area contributed by atoms with Crippen molar-refractivity contribution in [2.75, 3.05) is 6.54 Å². The molecule has 0 aromatic carbocycles. The quantitative estimate of drug-likeness (QED) is 0.443. The van der Waals surface area contributed by atoms with Crippen molar-refractivity contribution in [3.05, 3.63) is 12.5 Å². The first-order valence-corrected chi connectivity index (χ1v) is 2.02. The van der Waals surface area contributed by atoms with E-state index >= 15 is 0 Å². The minimum absolute atomic E-state index is 0.170. The second-order valence-electron chi connectivity index (χ2n) is 1.09. The molecule has 0 aliphatic carbocycles. The molecule has 0 radical (unpaired) electrons. The molecule has 4 nitrogen and oxygen atoms in total. The van der Waals surface area contributed by atoms with Crippen LogP contribution in [-0.4, -0.2) is 22.7 Å². The molecular weight excluding hydrogens is 110 g/mol. The number of hydrogen-bond acceptors (Lipinski definition) is 3. The lowest BCUT2D eigenvalue weighted by Gasteiger charge is -1.89. The molecule has 3 N–H and O–H groups in total. The monoisotopic (exact) mass is 117 g/mol. The third-order valence-corrected chi connectivity index (χ3v) is 0.446. The molecule has 0 spiro atoms. The molecule has 0 saturated carbocycles. The van der Waals surface area contributed by atoms with Crippen molar-refractivity contribution in [3.63, 3.8) is 0 Å². The lowest BCUT2D eigenvalue weighted by molar-refractivity contribution is -0.135. The van der Waals surface area contributed by atoms with E-state index in [0.717, 1.165) is 12.5 Å². The normalized spacial score (nSPS) is 9.50. The van der Waals surface area contributed by atoms with Crippen molar-refractivity contribution in [1.29, 1.82) is 0 Å². The van der Waals surface area contributed by atoms with Crippen LogP contribution in [0.3, 0.4) is 0 Å². The van der Waals surface area contributed by atoms with Gasteiger partial charge in [-0.1, -0.05) is 0 Å². The maximum absolute atomic E-state index is 9.70. The Kier molecular flexibility index (Phi) is 3.39. The Labute approximate surface area is 46.4 Å². The topological polar surface area (TPSA) is 69.6 Å². The Morgan fingerprint density at radius 3 is 2.75 bits per heavy atom. The first kappa shape index (κ1) is 6.81. The molecule has 4 heteroatoms. The van der Waals surface area contributed by atoms with E-state index in [0.29, 0.717) is 0 Å². The molecule has 0 amide bonds. The summed E-state index contributed by atoms with van der Waals surface area (Å²) in [6.07, 6.45) is 1.89. The van der Waals surface area contributed by atoms with Gasteiger partial charge in [0.05, 0.1) is 6.26 Å². The number of rotatable bonds is 3. The largest absolute Gasteiger partial charge is 0.514 e. The molecule has 0 aromatic rings. The minimum atomic E-state index is -0.955. The zero-order chi connectivity index (χ0) is 6.41. The summed E-state index contributed by atoms with van der Waals surface area (Å²) in [5.41, 5.74) is 0. The van der Waals surface area contributed by atoms with Gasteiger partial charge in [0, 0.05) is 6.20 Å². The second-order valence-corrected chi connectivity index (χ2v) is 1.09. The lowest BCUT2D eigenvalue weighted by Crippen LogP contribution is -2.16. The smallest absolute Gasteiger partial charge is 0.322 e. The Hall–Kier alpha value is -1.19. The highest BCUT2D eigenvalue weighted by molar-refractivity contribution is 5.69. The van der Waals surface area contributed by atoms with Crippen molar-refractivity contribution < 1.29 is 15.0 Å². The van der Waals surface area contributed by atoms with Crippen LogP contribution in [0, 0.1) is 0 Å². The molecular formula is C4H7NO3. The van der Waals surface area contributed by atoms with Gasteiger partial charge < -0.3 is 15.5 Å². The maximum Gasteiger partial charge on any atom is 0.322 e. The molecule has 0 bridgehead atoms. The van der Waals surface area contributed by atoms with Gasteiger partial charge in [0.1, 0.15) is 6.54 Å².